The zero-order valence-corrected chi connectivity index (χ0v) is 22.4. The molecule has 0 unspecified atom stereocenters. The third kappa shape index (κ3) is 6.17. The topological polar surface area (TPSA) is 128 Å². The number of aliphatic hydroxyl groups is 1. The number of alkyl halides is 3. The summed E-state index contributed by atoms with van der Waals surface area (Å²) >= 11 is 6.06. The van der Waals surface area contributed by atoms with E-state index in [2.05, 4.69) is 10.3 Å². The van der Waals surface area contributed by atoms with Gasteiger partial charge in [0.05, 0.1) is 13.7 Å². The van der Waals surface area contributed by atoms with E-state index in [4.69, 9.17) is 26.2 Å². The maximum atomic E-state index is 13.7. The highest BCUT2D eigenvalue weighted by Crippen LogP contribution is 2.32. The van der Waals surface area contributed by atoms with Crippen LogP contribution in [0.2, 0.25) is 5.02 Å². The van der Waals surface area contributed by atoms with Gasteiger partial charge in [0, 0.05) is 31.2 Å². The summed E-state index contributed by atoms with van der Waals surface area (Å²) in [5.74, 6) is -1.76. The zero-order chi connectivity index (χ0) is 29.2. The van der Waals surface area contributed by atoms with Gasteiger partial charge in [0.1, 0.15) is 12.0 Å². The Morgan fingerprint density at radius 3 is 2.55 bits per heavy atom. The number of hydrogen-bond donors (Lipinski definition) is 2. The van der Waals surface area contributed by atoms with Gasteiger partial charge in [0.2, 0.25) is 5.91 Å². The van der Waals surface area contributed by atoms with Crippen LogP contribution in [0, 0.1) is 0 Å². The molecule has 2 aromatic heterocycles. The number of fused-ring (bicyclic) bond motifs is 1. The van der Waals surface area contributed by atoms with E-state index in [1.54, 1.807) is 24.3 Å². The van der Waals surface area contributed by atoms with Crippen LogP contribution in [0.4, 0.5) is 13.2 Å². The number of halogens is 4. The molecule has 0 spiro atoms. The number of aryl methyl sites for hydroxylation is 1. The number of nitrogens with zero attached hydrogens (tertiary/aromatic N) is 4. The van der Waals surface area contributed by atoms with Crippen LogP contribution < -0.4 is 20.3 Å². The van der Waals surface area contributed by atoms with Gasteiger partial charge in [-0.05, 0) is 30.5 Å². The molecule has 0 aliphatic carbocycles. The predicted octanol–water partition coefficient (Wildman–Crippen LogP) is 2.10. The summed E-state index contributed by atoms with van der Waals surface area (Å²) in [6.45, 7) is -1.87. The van der Waals surface area contributed by atoms with Crippen LogP contribution in [0.15, 0.2) is 29.1 Å². The number of hydrogen-bond acceptors (Lipinski definition) is 7. The van der Waals surface area contributed by atoms with Crippen molar-refractivity contribution < 1.29 is 37.3 Å². The van der Waals surface area contributed by atoms with Crippen LogP contribution >= 0.6 is 11.6 Å². The number of carbonyl (C=O) groups is 2. The first-order chi connectivity index (χ1) is 18.9. The fraction of sp³-hybridized carbons (Fsp3) is 0.440. The molecule has 2 amide bonds. The van der Waals surface area contributed by atoms with E-state index in [1.807, 2.05) is 0 Å². The average molecular weight is 586 g/mol. The number of rotatable bonds is 8. The van der Waals surface area contributed by atoms with Gasteiger partial charge in [-0.15, -0.1) is 0 Å². The lowest BCUT2D eigenvalue weighted by Crippen LogP contribution is -2.47. The number of aliphatic hydroxyl groups excluding tert-OH is 1. The smallest absolute Gasteiger partial charge is 0.422 e. The second-order valence-electron chi connectivity index (χ2n) is 9.25. The molecule has 3 aromatic rings. The Labute approximate surface area is 231 Å². The maximum absolute atomic E-state index is 13.7. The number of ether oxygens (including phenoxy) is 2. The van der Waals surface area contributed by atoms with Crippen molar-refractivity contribution in [2.24, 2.45) is 7.05 Å². The van der Waals surface area contributed by atoms with Gasteiger partial charge in [-0.1, -0.05) is 23.7 Å². The first-order valence-electron chi connectivity index (χ1n) is 12.2. The molecular weight excluding hydrogens is 559 g/mol. The van der Waals surface area contributed by atoms with Gasteiger partial charge in [0.15, 0.2) is 23.7 Å². The van der Waals surface area contributed by atoms with Crippen molar-refractivity contribution in [3.8, 4) is 11.8 Å². The van der Waals surface area contributed by atoms with Crippen molar-refractivity contribution in [1.82, 2.24) is 24.3 Å². The summed E-state index contributed by atoms with van der Waals surface area (Å²) in [6.07, 6.45) is -4.03. The van der Waals surface area contributed by atoms with Crippen molar-refractivity contribution in [2.75, 3.05) is 33.4 Å². The number of methoxy groups -OCH3 is 1. The highest BCUT2D eigenvalue weighted by Gasteiger charge is 2.34. The molecule has 40 heavy (non-hydrogen) atoms. The summed E-state index contributed by atoms with van der Waals surface area (Å²) in [4.78, 5) is 44.6. The summed E-state index contributed by atoms with van der Waals surface area (Å²) in [5.41, 5.74) is -0.591. The number of amides is 2. The number of benzene rings is 1. The third-order valence-electron chi connectivity index (χ3n) is 6.54. The molecule has 1 aliphatic rings. The molecule has 1 fully saturated rings. The van der Waals surface area contributed by atoms with E-state index in [1.165, 1.54) is 23.6 Å². The molecule has 4 rings (SSSR count). The van der Waals surface area contributed by atoms with E-state index in [-0.39, 0.29) is 42.4 Å². The second kappa shape index (κ2) is 11.8. The Morgan fingerprint density at radius 1 is 1.25 bits per heavy atom. The molecule has 1 aliphatic heterocycles. The molecule has 1 aromatic carbocycles. The highest BCUT2D eigenvalue weighted by molar-refractivity contribution is 6.30. The van der Waals surface area contributed by atoms with Gasteiger partial charge in [-0.3, -0.25) is 19.0 Å². The Kier molecular flexibility index (Phi) is 8.59. The lowest BCUT2D eigenvalue weighted by molar-refractivity contribution is -0.153. The molecule has 3 heterocycles. The number of nitrogens with one attached hydrogen (secondary N) is 1. The molecule has 0 radical (unpaired) electrons. The molecule has 15 heteroatoms. The summed E-state index contributed by atoms with van der Waals surface area (Å²) in [5, 5.41) is 11.9. The fourth-order valence-electron chi connectivity index (χ4n) is 4.63. The predicted molar refractivity (Wildman–Crippen MR) is 138 cm³/mol. The van der Waals surface area contributed by atoms with Crippen LogP contribution in [0.3, 0.4) is 0 Å². The number of carbonyl (C=O) groups excluding carboxylic acids is 2. The summed E-state index contributed by atoms with van der Waals surface area (Å²) < 4.78 is 52.3. The molecular formula is C25H27ClF3N5O6. The van der Waals surface area contributed by atoms with Crippen molar-refractivity contribution in [3.63, 3.8) is 0 Å². The molecule has 2 N–H and O–H groups in total. The quantitative estimate of drug-likeness (QED) is 0.414. The molecule has 0 atom stereocenters. The van der Waals surface area contributed by atoms with Gasteiger partial charge in [-0.25, -0.2) is 0 Å². The zero-order valence-electron chi connectivity index (χ0n) is 21.6. The number of piperidine rings is 1. The Hall–Kier alpha value is -3.78. The van der Waals surface area contributed by atoms with Crippen LogP contribution in [-0.4, -0.2) is 81.6 Å². The normalized spacial score (nSPS) is 14.4. The first-order valence-corrected chi connectivity index (χ1v) is 12.6. The van der Waals surface area contributed by atoms with E-state index < -0.39 is 48.6 Å². The van der Waals surface area contributed by atoms with Crippen molar-refractivity contribution in [1.29, 1.82) is 0 Å². The van der Waals surface area contributed by atoms with E-state index in [9.17, 15) is 27.6 Å². The maximum Gasteiger partial charge on any atom is 0.422 e. The highest BCUT2D eigenvalue weighted by atomic mass is 35.5. The molecule has 0 bridgehead atoms. The molecule has 11 nitrogen and oxygen atoms in total. The van der Waals surface area contributed by atoms with Crippen LogP contribution in [0.5, 0.6) is 11.8 Å². The minimum atomic E-state index is -4.75. The van der Waals surface area contributed by atoms with Crippen molar-refractivity contribution >= 4 is 34.4 Å². The van der Waals surface area contributed by atoms with Gasteiger partial charge in [-0.2, -0.15) is 18.2 Å². The average Bonchev–Trinajstić information content (AvgIpc) is 3.20. The van der Waals surface area contributed by atoms with Gasteiger partial charge in [0.25, 0.3) is 11.5 Å². The van der Waals surface area contributed by atoms with Crippen LogP contribution in [0.1, 0.15) is 28.9 Å². The lowest BCUT2D eigenvalue weighted by atomic mass is 10.0. The molecule has 1 saturated heterocycles. The minimum Gasteiger partial charge on any atom is -0.481 e. The number of aromatic nitrogens is 3. The van der Waals surface area contributed by atoms with Crippen LogP contribution in [-0.2, 0) is 18.4 Å². The van der Waals surface area contributed by atoms with Gasteiger partial charge < -0.3 is 29.4 Å². The standard InChI is InChI=1S/C25H27ClF3N5O6/c1-32-19(22(37)30-16-6-8-33(9-7-16)17(36)12-35)20(40-13-25(27,28)29)18-21(32)31-24(39-2)34(23(18)38)11-14-4-3-5-15(26)10-14/h3-5,10,16,35H,6-9,11-13H2,1-2H3,(H,30,37). The Morgan fingerprint density at radius 2 is 1.95 bits per heavy atom. The number of likely N-dealkylation sites (tertiary alicyclic amines) is 1. The molecule has 0 saturated carbocycles. The van der Waals surface area contributed by atoms with E-state index in [0.29, 0.717) is 23.4 Å². The van der Waals surface area contributed by atoms with E-state index >= 15 is 0 Å². The fourth-order valence-corrected chi connectivity index (χ4v) is 4.85. The Balaban J connectivity index is 1.76. The lowest BCUT2D eigenvalue weighted by Gasteiger charge is -2.32. The SMILES string of the molecule is COc1nc2c(c(OCC(F)(F)F)c(C(=O)NC3CCN(C(=O)CO)CC3)n2C)c(=O)n1Cc1cccc(Cl)c1. The largest absolute Gasteiger partial charge is 0.481 e. The first kappa shape index (κ1) is 29.2. The van der Waals surface area contributed by atoms with Crippen molar-refractivity contribution in [2.45, 2.75) is 31.6 Å². The summed E-state index contributed by atoms with van der Waals surface area (Å²) in [7, 11) is 2.67. The second-order valence-corrected chi connectivity index (χ2v) is 9.68. The summed E-state index contributed by atoms with van der Waals surface area (Å²) in [6, 6.07) is 6.09. The van der Waals surface area contributed by atoms with E-state index in [0.717, 1.165) is 4.57 Å². The monoisotopic (exact) mass is 585 g/mol. The van der Waals surface area contributed by atoms with Crippen LogP contribution in [0.25, 0.3) is 11.0 Å². The third-order valence-corrected chi connectivity index (χ3v) is 6.77. The minimum absolute atomic E-state index is 0.0637. The van der Waals surface area contributed by atoms with Gasteiger partial charge >= 0.3 is 12.2 Å². The Bertz CT molecular complexity index is 1480. The molecule has 216 valence electrons. The van der Waals surface area contributed by atoms with Crippen molar-refractivity contribution in [3.05, 3.63) is 50.9 Å².